The van der Waals surface area contributed by atoms with Gasteiger partial charge in [-0.25, -0.2) is 4.98 Å². The minimum absolute atomic E-state index is 0.0182. The molecule has 0 spiro atoms. The summed E-state index contributed by atoms with van der Waals surface area (Å²) in [4.78, 5) is 19.2. The van der Waals surface area contributed by atoms with E-state index in [1.807, 2.05) is 32.5 Å². The van der Waals surface area contributed by atoms with E-state index in [0.717, 1.165) is 43.0 Å². The fraction of sp³-hybridized carbons (Fsp3) is 0.647. The number of anilines is 1. The number of carbonyl (C=O) groups is 1. The second-order valence-electron chi connectivity index (χ2n) is 6.84. The van der Waals surface area contributed by atoms with Gasteiger partial charge in [0.15, 0.2) is 0 Å². The summed E-state index contributed by atoms with van der Waals surface area (Å²) in [6.45, 7) is 7.56. The molecule has 0 unspecified atom stereocenters. The van der Waals surface area contributed by atoms with Crippen LogP contribution in [0.1, 0.15) is 37.6 Å². The van der Waals surface area contributed by atoms with Gasteiger partial charge in [0.25, 0.3) is 0 Å². The SMILES string of the molecule is Cc1nn(C)c(C)c1NC(=O)[C@@H](C)N1CCCC[C@@H]1Cn1cncn1. The molecule has 1 N–H and O–H groups in total. The Morgan fingerprint density at radius 2 is 2.20 bits per heavy atom. The molecule has 0 radical (unpaired) electrons. The van der Waals surface area contributed by atoms with Crippen LogP contribution in [-0.4, -0.2) is 54.0 Å². The highest BCUT2D eigenvalue weighted by Gasteiger charge is 2.31. The molecule has 3 rings (SSSR count). The second-order valence-corrected chi connectivity index (χ2v) is 6.84. The van der Waals surface area contributed by atoms with E-state index in [9.17, 15) is 4.79 Å². The molecule has 136 valence electrons. The van der Waals surface area contributed by atoms with Crippen LogP contribution in [-0.2, 0) is 18.4 Å². The van der Waals surface area contributed by atoms with E-state index in [0.29, 0.717) is 6.04 Å². The predicted octanol–water partition coefficient (Wildman–Crippen LogP) is 1.51. The minimum atomic E-state index is -0.201. The van der Waals surface area contributed by atoms with Gasteiger partial charge in [-0.3, -0.25) is 19.1 Å². The molecule has 1 fully saturated rings. The van der Waals surface area contributed by atoms with Gasteiger partial charge in [0, 0.05) is 13.1 Å². The maximum atomic E-state index is 12.8. The van der Waals surface area contributed by atoms with E-state index in [-0.39, 0.29) is 11.9 Å². The molecule has 0 aromatic carbocycles. The average Bonchev–Trinajstić information content (AvgIpc) is 3.18. The van der Waals surface area contributed by atoms with Crippen LogP contribution in [0.2, 0.25) is 0 Å². The van der Waals surface area contributed by atoms with Crippen molar-refractivity contribution in [1.82, 2.24) is 29.4 Å². The number of hydrogen-bond acceptors (Lipinski definition) is 5. The van der Waals surface area contributed by atoms with Crippen molar-refractivity contribution >= 4 is 11.6 Å². The quantitative estimate of drug-likeness (QED) is 0.888. The Bertz CT molecular complexity index is 722. The monoisotopic (exact) mass is 345 g/mol. The Labute approximate surface area is 148 Å². The highest BCUT2D eigenvalue weighted by molar-refractivity contribution is 5.95. The molecule has 8 nitrogen and oxygen atoms in total. The molecule has 2 aromatic heterocycles. The van der Waals surface area contributed by atoms with Crippen LogP contribution in [0.4, 0.5) is 5.69 Å². The number of piperidine rings is 1. The van der Waals surface area contributed by atoms with E-state index in [1.54, 1.807) is 17.3 Å². The topological polar surface area (TPSA) is 80.9 Å². The summed E-state index contributed by atoms with van der Waals surface area (Å²) >= 11 is 0. The lowest BCUT2D eigenvalue weighted by Gasteiger charge is -2.39. The van der Waals surface area contributed by atoms with Gasteiger partial charge in [0.05, 0.1) is 29.7 Å². The predicted molar refractivity (Wildman–Crippen MR) is 95.1 cm³/mol. The summed E-state index contributed by atoms with van der Waals surface area (Å²) in [5, 5.41) is 11.7. The van der Waals surface area contributed by atoms with Crippen LogP contribution in [0, 0.1) is 13.8 Å². The fourth-order valence-corrected chi connectivity index (χ4v) is 3.60. The lowest BCUT2D eigenvalue weighted by Crippen LogP contribution is -2.51. The number of aryl methyl sites for hydroxylation is 2. The van der Waals surface area contributed by atoms with Crippen LogP contribution >= 0.6 is 0 Å². The number of aromatic nitrogens is 5. The summed E-state index contributed by atoms with van der Waals surface area (Å²) < 4.78 is 3.65. The highest BCUT2D eigenvalue weighted by atomic mass is 16.2. The van der Waals surface area contributed by atoms with Crippen LogP contribution in [0.25, 0.3) is 0 Å². The third-order valence-corrected chi connectivity index (χ3v) is 5.17. The van der Waals surface area contributed by atoms with Gasteiger partial charge in [-0.15, -0.1) is 0 Å². The van der Waals surface area contributed by atoms with Crippen LogP contribution in [0.5, 0.6) is 0 Å². The number of rotatable bonds is 5. The first-order chi connectivity index (χ1) is 12.0. The summed E-state index contributed by atoms with van der Waals surface area (Å²) in [6, 6.07) is 0.0973. The fourth-order valence-electron chi connectivity index (χ4n) is 3.60. The number of carbonyl (C=O) groups excluding carboxylic acids is 1. The third-order valence-electron chi connectivity index (χ3n) is 5.17. The number of nitrogens with zero attached hydrogens (tertiary/aromatic N) is 6. The maximum Gasteiger partial charge on any atom is 0.241 e. The molecule has 8 heteroatoms. The Morgan fingerprint density at radius 1 is 1.40 bits per heavy atom. The van der Waals surface area contributed by atoms with Gasteiger partial charge >= 0.3 is 0 Å². The van der Waals surface area contributed by atoms with E-state index in [2.05, 4.69) is 25.4 Å². The van der Waals surface area contributed by atoms with Crippen LogP contribution in [0.3, 0.4) is 0 Å². The van der Waals surface area contributed by atoms with Gasteiger partial charge in [0.2, 0.25) is 5.91 Å². The Balaban J connectivity index is 1.70. The molecule has 3 heterocycles. The van der Waals surface area contributed by atoms with Crippen molar-refractivity contribution in [2.24, 2.45) is 7.05 Å². The van der Waals surface area contributed by atoms with Crippen molar-refractivity contribution in [3.63, 3.8) is 0 Å². The van der Waals surface area contributed by atoms with Crippen LogP contribution in [0.15, 0.2) is 12.7 Å². The van der Waals surface area contributed by atoms with Crippen LogP contribution < -0.4 is 5.32 Å². The molecule has 1 saturated heterocycles. The first-order valence-corrected chi connectivity index (χ1v) is 8.86. The van der Waals surface area contributed by atoms with Crippen molar-refractivity contribution in [2.45, 2.75) is 58.7 Å². The van der Waals surface area contributed by atoms with E-state index in [1.165, 1.54) is 6.42 Å². The van der Waals surface area contributed by atoms with Crippen molar-refractivity contribution < 1.29 is 4.79 Å². The standard InChI is InChI=1S/C17H27N7O/c1-12-16(13(2)22(4)21-12)20-17(25)14(3)24-8-6-5-7-15(24)9-23-11-18-10-19-23/h10-11,14-15H,5-9H2,1-4H3,(H,20,25)/t14-,15-/m1/s1. The summed E-state index contributed by atoms with van der Waals surface area (Å²) in [7, 11) is 1.89. The smallest absolute Gasteiger partial charge is 0.241 e. The average molecular weight is 345 g/mol. The van der Waals surface area contributed by atoms with Gasteiger partial charge in [-0.2, -0.15) is 10.2 Å². The van der Waals surface area contributed by atoms with Gasteiger partial charge in [-0.1, -0.05) is 6.42 Å². The normalized spacial score (nSPS) is 19.8. The van der Waals surface area contributed by atoms with Crippen molar-refractivity contribution in [2.75, 3.05) is 11.9 Å². The van der Waals surface area contributed by atoms with Gasteiger partial charge < -0.3 is 5.32 Å². The minimum Gasteiger partial charge on any atom is -0.322 e. The third kappa shape index (κ3) is 3.73. The summed E-state index contributed by atoms with van der Waals surface area (Å²) in [5.41, 5.74) is 2.64. The number of hydrogen-bond donors (Lipinski definition) is 1. The molecule has 25 heavy (non-hydrogen) atoms. The molecule has 2 aromatic rings. The largest absolute Gasteiger partial charge is 0.322 e. The second kappa shape index (κ2) is 7.35. The van der Waals surface area contributed by atoms with Crippen molar-refractivity contribution in [3.8, 4) is 0 Å². The summed E-state index contributed by atoms with van der Waals surface area (Å²) in [6.07, 6.45) is 6.67. The maximum absolute atomic E-state index is 12.8. The van der Waals surface area contributed by atoms with E-state index in [4.69, 9.17) is 0 Å². The van der Waals surface area contributed by atoms with Gasteiger partial charge in [-0.05, 0) is 40.2 Å². The highest BCUT2D eigenvalue weighted by Crippen LogP contribution is 2.23. The first kappa shape index (κ1) is 17.6. The zero-order chi connectivity index (χ0) is 18.0. The first-order valence-electron chi connectivity index (χ1n) is 8.86. The number of likely N-dealkylation sites (tertiary alicyclic amines) is 1. The molecule has 2 atom stereocenters. The molecule has 1 aliphatic heterocycles. The molecular formula is C17H27N7O. The molecule has 1 amide bonds. The molecule has 1 aliphatic rings. The zero-order valence-corrected chi connectivity index (χ0v) is 15.4. The molecule has 0 bridgehead atoms. The Morgan fingerprint density at radius 3 is 2.84 bits per heavy atom. The Hall–Kier alpha value is -2.22. The van der Waals surface area contributed by atoms with E-state index >= 15 is 0 Å². The lowest BCUT2D eigenvalue weighted by molar-refractivity contribution is -0.122. The number of amides is 1. The summed E-state index contributed by atoms with van der Waals surface area (Å²) in [5.74, 6) is 0.0182. The zero-order valence-electron chi connectivity index (χ0n) is 15.4. The van der Waals surface area contributed by atoms with E-state index < -0.39 is 0 Å². The Kier molecular flexibility index (Phi) is 5.17. The van der Waals surface area contributed by atoms with Crippen molar-refractivity contribution in [1.29, 1.82) is 0 Å². The molecule has 0 saturated carbocycles. The van der Waals surface area contributed by atoms with Crippen molar-refractivity contribution in [3.05, 3.63) is 24.0 Å². The lowest BCUT2D eigenvalue weighted by atomic mass is 9.99. The van der Waals surface area contributed by atoms with Gasteiger partial charge in [0.1, 0.15) is 12.7 Å². The molecular weight excluding hydrogens is 318 g/mol. The number of nitrogens with one attached hydrogen (secondary N) is 1. The molecule has 0 aliphatic carbocycles.